The van der Waals surface area contributed by atoms with Gasteiger partial charge in [0, 0.05) is 13.0 Å². The highest BCUT2D eigenvalue weighted by Gasteiger charge is 2.19. The van der Waals surface area contributed by atoms with Gasteiger partial charge in [0.1, 0.15) is 0 Å². The Balaban J connectivity index is 4.03. The SMILES string of the molecule is CCCC(C)CC(=O)NCC(CC(C)C)C(=O)O. The molecule has 18 heavy (non-hydrogen) atoms. The highest BCUT2D eigenvalue weighted by atomic mass is 16.4. The Kier molecular flexibility index (Phi) is 8.42. The fraction of sp³-hybridized carbons (Fsp3) is 0.857. The van der Waals surface area contributed by atoms with E-state index in [0.29, 0.717) is 24.7 Å². The first-order chi connectivity index (χ1) is 8.36. The number of carbonyl (C=O) groups is 2. The number of carboxylic acid groups (broad SMARTS) is 1. The van der Waals surface area contributed by atoms with Crippen LogP contribution >= 0.6 is 0 Å². The van der Waals surface area contributed by atoms with Gasteiger partial charge in [-0.1, -0.05) is 40.5 Å². The maximum absolute atomic E-state index is 11.6. The molecule has 0 saturated carbocycles. The second-order valence-electron chi connectivity index (χ2n) is 5.57. The van der Waals surface area contributed by atoms with Gasteiger partial charge >= 0.3 is 5.97 Å². The van der Waals surface area contributed by atoms with Crippen molar-refractivity contribution in [3.63, 3.8) is 0 Å². The topological polar surface area (TPSA) is 66.4 Å². The van der Waals surface area contributed by atoms with Gasteiger partial charge in [-0.15, -0.1) is 0 Å². The lowest BCUT2D eigenvalue weighted by Gasteiger charge is -2.16. The fourth-order valence-corrected chi connectivity index (χ4v) is 2.06. The first kappa shape index (κ1) is 16.9. The van der Waals surface area contributed by atoms with E-state index in [4.69, 9.17) is 5.11 Å². The molecule has 106 valence electrons. The third-order valence-electron chi connectivity index (χ3n) is 2.97. The molecule has 0 bridgehead atoms. The van der Waals surface area contributed by atoms with Crippen LogP contribution in [0.3, 0.4) is 0 Å². The summed E-state index contributed by atoms with van der Waals surface area (Å²) in [5, 5.41) is 11.8. The lowest BCUT2D eigenvalue weighted by molar-refractivity contribution is -0.142. The van der Waals surface area contributed by atoms with E-state index >= 15 is 0 Å². The number of hydrogen-bond donors (Lipinski definition) is 2. The molecule has 1 amide bonds. The largest absolute Gasteiger partial charge is 0.481 e. The maximum Gasteiger partial charge on any atom is 0.308 e. The Morgan fingerprint density at radius 1 is 1.22 bits per heavy atom. The molecule has 0 fully saturated rings. The number of carbonyl (C=O) groups excluding carboxylic acids is 1. The van der Waals surface area contributed by atoms with Crippen LogP contribution in [0.4, 0.5) is 0 Å². The smallest absolute Gasteiger partial charge is 0.308 e. The average molecular weight is 257 g/mol. The summed E-state index contributed by atoms with van der Waals surface area (Å²) in [5.74, 6) is -0.655. The van der Waals surface area contributed by atoms with Crippen molar-refractivity contribution in [1.29, 1.82) is 0 Å². The van der Waals surface area contributed by atoms with Gasteiger partial charge in [0.25, 0.3) is 0 Å². The second kappa shape index (κ2) is 8.95. The molecule has 0 aromatic rings. The minimum absolute atomic E-state index is 0.0362. The summed E-state index contributed by atoms with van der Waals surface area (Å²) in [6.07, 6.45) is 3.18. The van der Waals surface area contributed by atoms with E-state index in [1.54, 1.807) is 0 Å². The van der Waals surface area contributed by atoms with Crippen molar-refractivity contribution in [3.8, 4) is 0 Å². The molecule has 2 atom stereocenters. The number of hydrogen-bond acceptors (Lipinski definition) is 2. The van der Waals surface area contributed by atoms with Crippen LogP contribution in [0.15, 0.2) is 0 Å². The van der Waals surface area contributed by atoms with Crippen LogP contribution in [-0.2, 0) is 9.59 Å². The van der Waals surface area contributed by atoms with Gasteiger partial charge in [0.05, 0.1) is 5.92 Å². The Bertz CT molecular complexity index is 264. The summed E-state index contributed by atoms with van der Waals surface area (Å²) >= 11 is 0. The van der Waals surface area contributed by atoms with E-state index in [-0.39, 0.29) is 12.5 Å². The van der Waals surface area contributed by atoms with Gasteiger partial charge in [-0.05, 0) is 18.3 Å². The normalized spacial score (nSPS) is 14.3. The van der Waals surface area contributed by atoms with Crippen LogP contribution in [0, 0.1) is 17.8 Å². The standard InChI is InChI=1S/C14H27NO3/c1-5-6-11(4)8-13(16)15-9-12(14(17)18)7-10(2)3/h10-12H,5-9H2,1-4H3,(H,15,16)(H,17,18). The van der Waals surface area contributed by atoms with Crippen molar-refractivity contribution in [3.05, 3.63) is 0 Å². The molecule has 4 heteroatoms. The lowest BCUT2D eigenvalue weighted by atomic mass is 9.97. The van der Waals surface area contributed by atoms with Crippen molar-refractivity contribution in [1.82, 2.24) is 5.32 Å². The first-order valence-corrected chi connectivity index (χ1v) is 6.86. The van der Waals surface area contributed by atoms with E-state index in [0.717, 1.165) is 12.8 Å². The molecule has 0 aliphatic carbocycles. The summed E-state index contributed by atoms with van der Waals surface area (Å²) in [5.41, 5.74) is 0. The van der Waals surface area contributed by atoms with Crippen LogP contribution < -0.4 is 5.32 Å². The summed E-state index contributed by atoms with van der Waals surface area (Å²) in [6, 6.07) is 0. The van der Waals surface area contributed by atoms with Gasteiger partial charge in [0.2, 0.25) is 5.91 Å². The predicted octanol–water partition coefficient (Wildman–Crippen LogP) is 2.68. The van der Waals surface area contributed by atoms with E-state index in [9.17, 15) is 9.59 Å². The Morgan fingerprint density at radius 2 is 1.83 bits per heavy atom. The molecular weight excluding hydrogens is 230 g/mol. The first-order valence-electron chi connectivity index (χ1n) is 6.86. The third-order valence-corrected chi connectivity index (χ3v) is 2.97. The van der Waals surface area contributed by atoms with Crippen LogP contribution in [0.25, 0.3) is 0 Å². The highest BCUT2D eigenvalue weighted by Crippen LogP contribution is 2.12. The van der Waals surface area contributed by atoms with Crippen LogP contribution in [0.2, 0.25) is 0 Å². The molecular formula is C14H27NO3. The van der Waals surface area contributed by atoms with E-state index in [1.807, 2.05) is 20.8 Å². The zero-order valence-corrected chi connectivity index (χ0v) is 12.0. The molecule has 0 heterocycles. The van der Waals surface area contributed by atoms with Crippen molar-refractivity contribution in [2.45, 2.75) is 53.4 Å². The van der Waals surface area contributed by atoms with Crippen LogP contribution in [-0.4, -0.2) is 23.5 Å². The molecule has 2 N–H and O–H groups in total. The van der Waals surface area contributed by atoms with Crippen LogP contribution in [0.1, 0.15) is 53.4 Å². The Labute approximate surface area is 110 Å². The zero-order chi connectivity index (χ0) is 14.1. The van der Waals surface area contributed by atoms with Gasteiger partial charge in [0.15, 0.2) is 0 Å². The average Bonchev–Trinajstić information content (AvgIpc) is 2.23. The number of rotatable bonds is 9. The predicted molar refractivity (Wildman–Crippen MR) is 72.3 cm³/mol. The highest BCUT2D eigenvalue weighted by molar-refractivity contribution is 5.77. The number of carboxylic acids is 1. The maximum atomic E-state index is 11.6. The molecule has 0 aromatic carbocycles. The third kappa shape index (κ3) is 8.09. The summed E-state index contributed by atoms with van der Waals surface area (Å²) in [4.78, 5) is 22.7. The molecule has 0 aromatic heterocycles. The van der Waals surface area contributed by atoms with E-state index in [1.165, 1.54) is 0 Å². The summed E-state index contributed by atoms with van der Waals surface area (Å²) in [7, 11) is 0. The van der Waals surface area contributed by atoms with Gasteiger partial charge in [-0.25, -0.2) is 0 Å². The van der Waals surface area contributed by atoms with Crippen molar-refractivity contribution >= 4 is 11.9 Å². The molecule has 0 radical (unpaired) electrons. The number of aliphatic carboxylic acids is 1. The minimum Gasteiger partial charge on any atom is -0.481 e. The molecule has 0 aliphatic heterocycles. The van der Waals surface area contributed by atoms with Crippen molar-refractivity contribution < 1.29 is 14.7 Å². The zero-order valence-electron chi connectivity index (χ0n) is 12.0. The quantitative estimate of drug-likeness (QED) is 0.667. The van der Waals surface area contributed by atoms with Gasteiger partial charge in [-0.2, -0.15) is 0 Å². The lowest BCUT2D eigenvalue weighted by Crippen LogP contribution is -2.34. The fourth-order valence-electron chi connectivity index (χ4n) is 2.06. The van der Waals surface area contributed by atoms with Crippen molar-refractivity contribution in [2.75, 3.05) is 6.54 Å². The number of nitrogens with one attached hydrogen (secondary N) is 1. The Morgan fingerprint density at radius 3 is 2.28 bits per heavy atom. The summed E-state index contributed by atoms with van der Waals surface area (Å²) < 4.78 is 0. The summed E-state index contributed by atoms with van der Waals surface area (Å²) in [6.45, 7) is 8.36. The van der Waals surface area contributed by atoms with E-state index < -0.39 is 11.9 Å². The van der Waals surface area contributed by atoms with Gasteiger partial charge < -0.3 is 10.4 Å². The monoisotopic (exact) mass is 257 g/mol. The minimum atomic E-state index is -0.828. The molecule has 2 unspecified atom stereocenters. The molecule has 0 rings (SSSR count). The van der Waals surface area contributed by atoms with Gasteiger partial charge in [-0.3, -0.25) is 9.59 Å². The molecule has 0 spiro atoms. The van der Waals surface area contributed by atoms with Crippen LogP contribution in [0.5, 0.6) is 0 Å². The van der Waals surface area contributed by atoms with E-state index in [2.05, 4.69) is 12.2 Å². The molecule has 0 saturated heterocycles. The molecule has 0 aliphatic rings. The number of amides is 1. The molecule has 4 nitrogen and oxygen atoms in total. The second-order valence-corrected chi connectivity index (χ2v) is 5.57. The Hall–Kier alpha value is -1.06. The van der Waals surface area contributed by atoms with Crippen molar-refractivity contribution in [2.24, 2.45) is 17.8 Å².